The van der Waals surface area contributed by atoms with Crippen LogP contribution in [0.4, 0.5) is 0 Å². The molecule has 1 amide bonds. The normalized spacial score (nSPS) is 19.8. The molecule has 1 aliphatic heterocycles. The fourth-order valence-corrected chi connectivity index (χ4v) is 2.69. The summed E-state index contributed by atoms with van der Waals surface area (Å²) in [6.45, 7) is 5.55. The van der Waals surface area contributed by atoms with Crippen LogP contribution in [0, 0.1) is 11.8 Å². The van der Waals surface area contributed by atoms with Crippen molar-refractivity contribution in [1.82, 2.24) is 5.32 Å². The highest BCUT2D eigenvalue weighted by molar-refractivity contribution is 5.91. The average Bonchev–Trinajstić information content (AvgIpc) is 2.66. The summed E-state index contributed by atoms with van der Waals surface area (Å²) < 4.78 is 16.6. The Morgan fingerprint density at radius 3 is 2.62 bits per heavy atom. The van der Waals surface area contributed by atoms with Crippen LogP contribution in [0.5, 0.6) is 0 Å². The van der Waals surface area contributed by atoms with Crippen molar-refractivity contribution in [2.75, 3.05) is 20.3 Å². The van der Waals surface area contributed by atoms with Crippen molar-refractivity contribution in [3.8, 4) is 0 Å². The lowest BCUT2D eigenvalue weighted by Crippen LogP contribution is -2.35. The summed E-state index contributed by atoms with van der Waals surface area (Å²) in [6.07, 6.45) is 2.14. The molecule has 6 heteroatoms. The van der Waals surface area contributed by atoms with Crippen LogP contribution in [0.15, 0.2) is 36.1 Å². The molecule has 0 radical (unpaired) electrons. The van der Waals surface area contributed by atoms with Crippen LogP contribution in [-0.4, -0.2) is 37.6 Å². The molecule has 6 nitrogen and oxygen atoms in total. The molecule has 1 aliphatic rings. The van der Waals surface area contributed by atoms with Crippen molar-refractivity contribution in [2.24, 2.45) is 11.8 Å². The Morgan fingerprint density at radius 1 is 1.31 bits per heavy atom. The summed E-state index contributed by atoms with van der Waals surface area (Å²) in [4.78, 5) is 12.3. The van der Waals surface area contributed by atoms with Gasteiger partial charge >= 0.3 is 0 Å². The number of carbonyl (C=O) groups excluding carboxylic acids is 1. The molecule has 2 N–H and O–H groups in total. The van der Waals surface area contributed by atoms with E-state index in [-0.39, 0.29) is 18.4 Å². The number of aliphatic hydroxyl groups excluding tert-OH is 1. The number of rotatable bonds is 9. The third-order valence-electron chi connectivity index (χ3n) is 4.40. The van der Waals surface area contributed by atoms with Crippen LogP contribution in [0.3, 0.4) is 0 Å². The van der Waals surface area contributed by atoms with Crippen molar-refractivity contribution in [3.63, 3.8) is 0 Å². The minimum Gasteiger partial charge on any atom is -0.459 e. The van der Waals surface area contributed by atoms with Crippen LogP contribution in [0.1, 0.15) is 31.4 Å². The van der Waals surface area contributed by atoms with Crippen molar-refractivity contribution in [1.29, 1.82) is 0 Å². The number of hydrogen-bond donors (Lipinski definition) is 2. The van der Waals surface area contributed by atoms with Crippen LogP contribution in [0.25, 0.3) is 0 Å². The Morgan fingerprint density at radius 2 is 2.00 bits per heavy atom. The van der Waals surface area contributed by atoms with E-state index in [2.05, 4.69) is 19.2 Å². The zero-order chi connectivity index (χ0) is 18.9. The van der Waals surface area contributed by atoms with E-state index in [1.807, 2.05) is 30.3 Å². The summed E-state index contributed by atoms with van der Waals surface area (Å²) in [6, 6.07) is 7.57. The van der Waals surface area contributed by atoms with E-state index in [1.165, 1.54) is 0 Å². The monoisotopic (exact) mass is 363 g/mol. The second kappa shape index (κ2) is 10.3. The number of carbonyl (C=O) groups is 1. The topological polar surface area (TPSA) is 77.0 Å². The van der Waals surface area contributed by atoms with Crippen LogP contribution >= 0.6 is 0 Å². The zero-order valence-corrected chi connectivity index (χ0v) is 15.7. The predicted molar refractivity (Wildman–Crippen MR) is 97.9 cm³/mol. The number of allylic oxidation sites excluding steroid dienone is 1. The van der Waals surface area contributed by atoms with Crippen LogP contribution in [0.2, 0.25) is 0 Å². The Labute approximate surface area is 155 Å². The van der Waals surface area contributed by atoms with Crippen LogP contribution < -0.4 is 5.32 Å². The smallest absolute Gasteiger partial charge is 0.286 e. The van der Waals surface area contributed by atoms with Gasteiger partial charge in [0, 0.05) is 20.1 Å². The van der Waals surface area contributed by atoms with Crippen molar-refractivity contribution >= 4 is 5.91 Å². The summed E-state index contributed by atoms with van der Waals surface area (Å²) >= 11 is 0. The van der Waals surface area contributed by atoms with Gasteiger partial charge in [-0.15, -0.1) is 0 Å². The Balaban J connectivity index is 1.95. The second-order valence-corrected chi connectivity index (χ2v) is 6.76. The van der Waals surface area contributed by atoms with E-state index in [1.54, 1.807) is 7.11 Å². The first-order valence-electron chi connectivity index (χ1n) is 8.99. The van der Waals surface area contributed by atoms with Gasteiger partial charge < -0.3 is 24.6 Å². The molecular weight excluding hydrogens is 334 g/mol. The first kappa shape index (κ1) is 20.4. The van der Waals surface area contributed by atoms with Gasteiger partial charge in [-0.2, -0.15) is 0 Å². The van der Waals surface area contributed by atoms with E-state index < -0.39 is 6.29 Å². The Kier molecular flexibility index (Phi) is 8.09. The molecule has 0 spiro atoms. The molecule has 0 saturated heterocycles. The second-order valence-electron chi connectivity index (χ2n) is 6.76. The minimum atomic E-state index is -0.465. The molecule has 0 unspecified atom stereocenters. The van der Waals surface area contributed by atoms with Crippen molar-refractivity contribution in [2.45, 2.75) is 39.8 Å². The Hall–Kier alpha value is -1.89. The number of benzene rings is 1. The number of ether oxygens (including phenoxy) is 3. The molecule has 0 saturated carbocycles. The number of nitrogens with one attached hydrogen (secondary N) is 1. The van der Waals surface area contributed by atoms with Gasteiger partial charge in [0.25, 0.3) is 5.91 Å². The van der Waals surface area contributed by atoms with Crippen LogP contribution in [-0.2, 0) is 32.2 Å². The lowest BCUT2D eigenvalue weighted by molar-refractivity contribution is -0.155. The maximum Gasteiger partial charge on any atom is 0.286 e. The standard InChI is InChI=1S/C20H29NO5/c1-14(2)17-10-18(20(23)21-8-9-24-3)26-19(11-17)25-13-16-6-4-15(12-22)5-7-16/h4-7,10,14,17,19,22H,8-9,11-13H2,1-3H3,(H,21,23)/t17-,19+/m0/s1. The highest BCUT2D eigenvalue weighted by atomic mass is 16.7. The van der Waals surface area contributed by atoms with E-state index in [0.29, 0.717) is 37.9 Å². The van der Waals surface area contributed by atoms with Gasteiger partial charge in [-0.3, -0.25) is 4.79 Å². The molecular formula is C20H29NO5. The summed E-state index contributed by atoms with van der Waals surface area (Å²) in [5.74, 6) is 0.671. The van der Waals surface area contributed by atoms with Gasteiger partial charge in [0.15, 0.2) is 5.76 Å². The molecule has 1 heterocycles. The lowest BCUT2D eigenvalue weighted by Gasteiger charge is -2.31. The minimum absolute atomic E-state index is 0.0231. The van der Waals surface area contributed by atoms with Gasteiger partial charge in [-0.05, 0) is 29.0 Å². The third-order valence-corrected chi connectivity index (χ3v) is 4.40. The van der Waals surface area contributed by atoms with Gasteiger partial charge in [-0.25, -0.2) is 0 Å². The first-order valence-corrected chi connectivity index (χ1v) is 8.99. The maximum atomic E-state index is 12.3. The zero-order valence-electron chi connectivity index (χ0n) is 15.7. The quantitative estimate of drug-likeness (QED) is 0.659. The molecule has 26 heavy (non-hydrogen) atoms. The third kappa shape index (κ3) is 6.12. The predicted octanol–water partition coefficient (Wildman–Crippen LogP) is 2.36. The summed E-state index contributed by atoms with van der Waals surface area (Å²) in [5.41, 5.74) is 1.85. The van der Waals surface area contributed by atoms with Gasteiger partial charge in [0.2, 0.25) is 6.29 Å². The number of methoxy groups -OCH3 is 1. The molecule has 2 atom stereocenters. The molecule has 0 bridgehead atoms. The van der Waals surface area contributed by atoms with Gasteiger partial charge in [0.1, 0.15) is 0 Å². The average molecular weight is 363 g/mol. The van der Waals surface area contributed by atoms with Crippen molar-refractivity contribution < 1.29 is 24.1 Å². The largest absolute Gasteiger partial charge is 0.459 e. The van der Waals surface area contributed by atoms with Gasteiger partial charge in [-0.1, -0.05) is 38.1 Å². The number of hydrogen-bond acceptors (Lipinski definition) is 5. The highest BCUT2D eigenvalue weighted by Crippen LogP contribution is 2.29. The molecule has 144 valence electrons. The summed E-state index contributed by atoms with van der Waals surface area (Å²) in [5, 5.41) is 11.9. The van der Waals surface area contributed by atoms with Crippen molar-refractivity contribution in [3.05, 3.63) is 47.2 Å². The first-order chi connectivity index (χ1) is 12.5. The summed E-state index contributed by atoms with van der Waals surface area (Å²) in [7, 11) is 1.59. The molecule has 0 aromatic heterocycles. The molecule has 0 aliphatic carbocycles. The fourth-order valence-electron chi connectivity index (χ4n) is 2.69. The number of aliphatic hydroxyl groups is 1. The fraction of sp³-hybridized carbons (Fsp3) is 0.550. The van der Waals surface area contributed by atoms with E-state index >= 15 is 0 Å². The SMILES string of the molecule is COCCNC(=O)C1=C[C@H](C(C)C)C[C@H](OCc2ccc(CO)cc2)O1. The highest BCUT2D eigenvalue weighted by Gasteiger charge is 2.29. The molecule has 1 aromatic rings. The van der Waals surface area contributed by atoms with E-state index in [0.717, 1.165) is 11.1 Å². The van der Waals surface area contributed by atoms with Gasteiger partial charge in [0.05, 0.1) is 19.8 Å². The lowest BCUT2D eigenvalue weighted by atomic mass is 9.90. The molecule has 2 rings (SSSR count). The van der Waals surface area contributed by atoms with E-state index in [9.17, 15) is 4.79 Å². The number of amides is 1. The van der Waals surface area contributed by atoms with E-state index in [4.69, 9.17) is 19.3 Å². The molecule has 1 aromatic carbocycles. The maximum absolute atomic E-state index is 12.3. The molecule has 0 fully saturated rings. The Bertz CT molecular complexity index is 597.